The summed E-state index contributed by atoms with van der Waals surface area (Å²) in [5.74, 6) is -1.06. The minimum atomic E-state index is -0.968. The van der Waals surface area contributed by atoms with Gasteiger partial charge in [-0.15, -0.1) is 11.3 Å². The molecule has 1 amide bonds. The fourth-order valence-electron chi connectivity index (χ4n) is 8.93. The molecule has 9 rings (SSSR count). The molecule has 0 spiro atoms. The third-order valence-corrected chi connectivity index (χ3v) is 12.8. The second-order valence-corrected chi connectivity index (χ2v) is 15.8. The number of benzene rings is 2. The van der Waals surface area contributed by atoms with Crippen LogP contribution in [0, 0.1) is 28.9 Å². The van der Waals surface area contributed by atoms with Crippen LogP contribution in [0.25, 0.3) is 32.1 Å². The topological polar surface area (TPSA) is 130 Å². The Kier molecular flexibility index (Phi) is 8.29. The average Bonchev–Trinajstić information content (AvgIpc) is 3.96. The van der Waals surface area contributed by atoms with Gasteiger partial charge in [-0.25, -0.2) is 13.2 Å². The van der Waals surface area contributed by atoms with Crippen molar-refractivity contribution in [1.82, 2.24) is 19.8 Å². The predicted molar refractivity (Wildman–Crippen MR) is 190 cm³/mol. The van der Waals surface area contributed by atoms with Crippen molar-refractivity contribution in [3.8, 4) is 29.0 Å². The standard InChI is InChI=1S/C36H35ClF3N7O4S/c37-27-25(21-2-3-23(39)31-24(21)22(13-41)32(42)52-31)28(40)29-26-30(27)50-11-9-47(20-4-8-45(15-20)34(48)18-5-10-49-16-18)33(26)44-35(43-29)51-17-36-6-1-7-46(36)14-19(38)12-36/h2-3,18-20H,1,4-12,14-17,42H2/t18-,19+,20?,36-/m0/s1. The first-order valence-corrected chi connectivity index (χ1v) is 18.8. The molecule has 272 valence electrons. The number of nitrogen functional groups attached to an aromatic ring is 1. The minimum Gasteiger partial charge on any atom is -0.489 e. The molecule has 0 aliphatic carbocycles. The Morgan fingerprint density at radius 2 is 2.04 bits per heavy atom. The fourth-order valence-corrected chi connectivity index (χ4v) is 10.2. The molecule has 52 heavy (non-hydrogen) atoms. The molecule has 4 atom stereocenters. The number of nitrogens with two attached hydrogens (primary N) is 1. The maximum Gasteiger partial charge on any atom is 0.319 e. The molecule has 2 aromatic heterocycles. The highest BCUT2D eigenvalue weighted by atomic mass is 35.5. The van der Waals surface area contributed by atoms with Crippen molar-refractivity contribution in [3.05, 3.63) is 34.4 Å². The van der Waals surface area contributed by atoms with Crippen LogP contribution in [0.2, 0.25) is 5.02 Å². The Morgan fingerprint density at radius 1 is 1.17 bits per heavy atom. The van der Waals surface area contributed by atoms with E-state index in [1.54, 1.807) is 0 Å². The average molecular weight is 754 g/mol. The number of fused-ring (bicyclic) bond motifs is 2. The lowest BCUT2D eigenvalue weighted by atomic mass is 9.95. The van der Waals surface area contributed by atoms with E-state index < -0.39 is 23.3 Å². The number of alkyl halides is 1. The van der Waals surface area contributed by atoms with E-state index >= 15 is 8.78 Å². The number of halogens is 4. The van der Waals surface area contributed by atoms with Crippen LogP contribution in [0.3, 0.4) is 0 Å². The molecule has 5 aliphatic rings. The summed E-state index contributed by atoms with van der Waals surface area (Å²) < 4.78 is 65.2. The highest BCUT2D eigenvalue weighted by Gasteiger charge is 2.49. The smallest absolute Gasteiger partial charge is 0.319 e. The second-order valence-electron chi connectivity index (χ2n) is 14.3. The summed E-state index contributed by atoms with van der Waals surface area (Å²) in [6, 6.07) is 4.32. The summed E-state index contributed by atoms with van der Waals surface area (Å²) >= 11 is 7.97. The second kappa shape index (κ2) is 12.8. The van der Waals surface area contributed by atoms with Gasteiger partial charge in [0.25, 0.3) is 0 Å². The number of rotatable bonds is 6. The Balaban J connectivity index is 1.19. The zero-order chi connectivity index (χ0) is 35.9. The molecule has 0 saturated carbocycles. The first kappa shape index (κ1) is 33.7. The van der Waals surface area contributed by atoms with E-state index in [1.807, 2.05) is 15.9 Å². The highest BCUT2D eigenvalue weighted by Crippen LogP contribution is 2.51. The molecule has 16 heteroatoms. The van der Waals surface area contributed by atoms with Crippen molar-refractivity contribution in [1.29, 1.82) is 5.26 Å². The van der Waals surface area contributed by atoms with E-state index in [9.17, 15) is 14.4 Å². The van der Waals surface area contributed by atoms with Gasteiger partial charge in [0.05, 0.1) is 45.3 Å². The zero-order valence-electron chi connectivity index (χ0n) is 28.1. The van der Waals surface area contributed by atoms with Crippen molar-refractivity contribution in [2.75, 3.05) is 69.8 Å². The van der Waals surface area contributed by atoms with Gasteiger partial charge < -0.3 is 29.7 Å². The van der Waals surface area contributed by atoms with Crippen LogP contribution < -0.4 is 20.1 Å². The molecule has 1 unspecified atom stereocenters. The molecule has 4 fully saturated rings. The zero-order valence-corrected chi connectivity index (χ0v) is 29.7. The molecule has 0 radical (unpaired) electrons. The van der Waals surface area contributed by atoms with Gasteiger partial charge in [-0.05, 0) is 43.9 Å². The fraction of sp³-hybridized carbons (Fsp3) is 0.500. The number of carbonyl (C=O) groups excluding carboxylic acids is 1. The van der Waals surface area contributed by atoms with E-state index in [0.29, 0.717) is 64.5 Å². The van der Waals surface area contributed by atoms with Gasteiger partial charge >= 0.3 is 6.01 Å². The Labute approximate surface area is 306 Å². The molecule has 11 nitrogen and oxygen atoms in total. The maximum atomic E-state index is 17.3. The normalized spacial score (nSPS) is 25.9. The maximum absolute atomic E-state index is 17.3. The number of hydrogen-bond acceptors (Lipinski definition) is 11. The van der Waals surface area contributed by atoms with Gasteiger partial charge in [0.1, 0.15) is 47.6 Å². The number of hydrogen-bond donors (Lipinski definition) is 1. The van der Waals surface area contributed by atoms with Crippen molar-refractivity contribution < 1.29 is 32.2 Å². The number of thiophene rings is 1. The molecular formula is C36H35ClF3N7O4S. The summed E-state index contributed by atoms with van der Waals surface area (Å²) in [6.45, 7) is 3.68. The summed E-state index contributed by atoms with van der Waals surface area (Å²) in [7, 11) is 0. The molecule has 7 heterocycles. The Bertz CT molecular complexity index is 2180. The number of nitriles is 1. The van der Waals surface area contributed by atoms with Crippen LogP contribution in [0.15, 0.2) is 12.1 Å². The van der Waals surface area contributed by atoms with Crippen molar-refractivity contribution >= 4 is 60.7 Å². The van der Waals surface area contributed by atoms with Crippen molar-refractivity contribution in [2.45, 2.75) is 49.9 Å². The molecule has 2 aromatic carbocycles. The van der Waals surface area contributed by atoms with E-state index in [-0.39, 0.29) is 90.5 Å². The minimum absolute atomic E-state index is 0.0167. The lowest BCUT2D eigenvalue weighted by Crippen LogP contribution is -2.44. The number of anilines is 2. The first-order chi connectivity index (χ1) is 25.2. The number of aromatic nitrogens is 2. The van der Waals surface area contributed by atoms with Crippen LogP contribution in [0.5, 0.6) is 11.8 Å². The van der Waals surface area contributed by atoms with Gasteiger partial charge in [0.2, 0.25) is 5.91 Å². The van der Waals surface area contributed by atoms with E-state index in [2.05, 4.69) is 9.88 Å². The molecule has 2 N–H and O–H groups in total. The monoisotopic (exact) mass is 753 g/mol. The molecule has 0 bridgehead atoms. The number of carbonyl (C=O) groups is 1. The third kappa shape index (κ3) is 5.24. The molecular weight excluding hydrogens is 719 g/mol. The molecule has 5 aliphatic heterocycles. The van der Waals surface area contributed by atoms with Crippen LogP contribution in [0.4, 0.5) is 24.0 Å². The van der Waals surface area contributed by atoms with E-state index in [4.69, 9.17) is 36.5 Å². The number of amides is 1. The number of ether oxygens (including phenoxy) is 3. The third-order valence-electron chi connectivity index (χ3n) is 11.4. The van der Waals surface area contributed by atoms with Gasteiger partial charge in [-0.1, -0.05) is 17.7 Å². The van der Waals surface area contributed by atoms with Crippen LogP contribution in [-0.4, -0.2) is 103 Å². The number of nitrogens with zero attached hydrogens (tertiary/aromatic N) is 6. The largest absolute Gasteiger partial charge is 0.489 e. The van der Waals surface area contributed by atoms with E-state index in [0.717, 1.165) is 30.7 Å². The van der Waals surface area contributed by atoms with Gasteiger partial charge in [0.15, 0.2) is 11.6 Å². The quantitative estimate of drug-likeness (QED) is 0.262. The van der Waals surface area contributed by atoms with Crippen LogP contribution in [-0.2, 0) is 9.53 Å². The summed E-state index contributed by atoms with van der Waals surface area (Å²) in [4.78, 5) is 28.8. The SMILES string of the molecule is N#Cc1c(N)sc2c(F)ccc(-c3c(Cl)c4c5c(nc(OC[C@@]67CCCN6C[C@H](F)C7)nc5c3F)N(C3CCN(C(=O)[C@H]5CCOC5)C3)CCO4)c12. The van der Waals surface area contributed by atoms with Crippen molar-refractivity contribution in [2.24, 2.45) is 5.92 Å². The van der Waals surface area contributed by atoms with Crippen molar-refractivity contribution in [3.63, 3.8) is 0 Å². The highest BCUT2D eigenvalue weighted by molar-refractivity contribution is 7.23. The lowest BCUT2D eigenvalue weighted by Gasteiger charge is -2.32. The Hall–Kier alpha value is -4.10. The summed E-state index contributed by atoms with van der Waals surface area (Å²) in [6.07, 6.45) is 2.37. The molecule has 4 aromatic rings. The predicted octanol–water partition coefficient (Wildman–Crippen LogP) is 5.69. The summed E-state index contributed by atoms with van der Waals surface area (Å²) in [5.41, 5.74) is 5.53. The Morgan fingerprint density at radius 3 is 2.85 bits per heavy atom. The number of likely N-dealkylation sites (tertiary alicyclic amines) is 1. The first-order valence-electron chi connectivity index (χ1n) is 17.6. The van der Waals surface area contributed by atoms with Gasteiger partial charge in [-0.3, -0.25) is 9.69 Å². The van der Waals surface area contributed by atoms with Crippen LogP contribution >= 0.6 is 22.9 Å². The molecule has 4 saturated heterocycles. The van der Waals surface area contributed by atoms with Crippen LogP contribution in [0.1, 0.15) is 37.7 Å². The van der Waals surface area contributed by atoms with Gasteiger partial charge in [-0.2, -0.15) is 15.2 Å². The van der Waals surface area contributed by atoms with Gasteiger partial charge in [0, 0.05) is 49.7 Å². The summed E-state index contributed by atoms with van der Waals surface area (Å²) in [5, 5.41) is 10.4. The van der Waals surface area contributed by atoms with E-state index in [1.165, 1.54) is 12.1 Å². The lowest BCUT2D eigenvalue weighted by molar-refractivity contribution is -0.134.